The van der Waals surface area contributed by atoms with Crippen molar-refractivity contribution >= 4 is 29.2 Å². The van der Waals surface area contributed by atoms with Gasteiger partial charge in [0, 0.05) is 48.5 Å². The zero-order chi connectivity index (χ0) is 20.1. The molecule has 146 valence electrons. The number of hydrogen-bond acceptors (Lipinski definition) is 4. The quantitative estimate of drug-likeness (QED) is 0.721. The first-order valence-electron chi connectivity index (χ1n) is 8.63. The van der Waals surface area contributed by atoms with E-state index in [0.29, 0.717) is 17.3 Å². The molecule has 1 aromatic heterocycles. The van der Waals surface area contributed by atoms with E-state index < -0.39 is 11.9 Å². The van der Waals surface area contributed by atoms with E-state index in [9.17, 15) is 14.7 Å². The Balaban J connectivity index is 1.96. The van der Waals surface area contributed by atoms with E-state index in [1.54, 1.807) is 24.3 Å². The van der Waals surface area contributed by atoms with Crippen LogP contribution in [0.3, 0.4) is 0 Å². The predicted molar refractivity (Wildman–Crippen MR) is 105 cm³/mol. The zero-order valence-corrected chi connectivity index (χ0v) is 16.7. The number of benzene rings is 1. The molecule has 0 fully saturated rings. The first-order chi connectivity index (χ1) is 12.7. The minimum atomic E-state index is -0.993. The van der Waals surface area contributed by atoms with Crippen molar-refractivity contribution in [2.24, 2.45) is 13.0 Å². The van der Waals surface area contributed by atoms with Gasteiger partial charge in [-0.1, -0.05) is 11.6 Å². The van der Waals surface area contributed by atoms with Crippen LogP contribution in [-0.4, -0.2) is 45.3 Å². The second-order valence-electron chi connectivity index (χ2n) is 6.76. The summed E-state index contributed by atoms with van der Waals surface area (Å²) >= 11 is 5.82. The van der Waals surface area contributed by atoms with E-state index in [1.165, 1.54) is 0 Å². The fourth-order valence-electron chi connectivity index (χ4n) is 2.96. The van der Waals surface area contributed by atoms with Gasteiger partial charge in [0.15, 0.2) is 0 Å². The first-order valence-corrected chi connectivity index (χ1v) is 9.01. The molecule has 7 nitrogen and oxygen atoms in total. The van der Waals surface area contributed by atoms with Crippen LogP contribution in [0.15, 0.2) is 24.3 Å². The Kier molecular flexibility index (Phi) is 6.98. The summed E-state index contributed by atoms with van der Waals surface area (Å²) in [5, 5.41) is 17.2. The van der Waals surface area contributed by atoms with Crippen LogP contribution in [0.25, 0.3) is 0 Å². The third-order valence-electron chi connectivity index (χ3n) is 4.53. The summed E-state index contributed by atoms with van der Waals surface area (Å²) in [5.41, 5.74) is 3.64. The molecule has 0 aliphatic rings. The summed E-state index contributed by atoms with van der Waals surface area (Å²) in [5.74, 6) is -2.14. The van der Waals surface area contributed by atoms with E-state index in [2.05, 4.69) is 10.4 Å². The highest BCUT2D eigenvalue weighted by Crippen LogP contribution is 2.17. The van der Waals surface area contributed by atoms with Crippen molar-refractivity contribution in [1.82, 2.24) is 14.7 Å². The molecule has 1 amide bonds. The lowest BCUT2D eigenvalue weighted by Crippen LogP contribution is -2.33. The molecule has 8 heteroatoms. The van der Waals surface area contributed by atoms with Crippen molar-refractivity contribution in [3.8, 4) is 0 Å². The van der Waals surface area contributed by atoms with Crippen LogP contribution in [0.4, 0.5) is 5.69 Å². The number of carbonyl (C=O) groups excluding carboxylic acids is 1. The fraction of sp³-hybridized carbons (Fsp3) is 0.421. The smallest absolute Gasteiger partial charge is 0.308 e. The number of hydrogen-bond donors (Lipinski definition) is 2. The van der Waals surface area contributed by atoms with Gasteiger partial charge >= 0.3 is 5.97 Å². The lowest BCUT2D eigenvalue weighted by molar-refractivity contribution is -0.144. The highest BCUT2D eigenvalue weighted by molar-refractivity contribution is 6.30. The molecule has 0 saturated heterocycles. The van der Waals surface area contributed by atoms with Gasteiger partial charge < -0.3 is 15.3 Å². The van der Waals surface area contributed by atoms with Crippen molar-refractivity contribution < 1.29 is 14.7 Å². The van der Waals surface area contributed by atoms with Gasteiger partial charge in [0.2, 0.25) is 5.91 Å². The van der Waals surface area contributed by atoms with Crippen LogP contribution in [-0.2, 0) is 23.2 Å². The van der Waals surface area contributed by atoms with Crippen molar-refractivity contribution in [3.05, 3.63) is 46.2 Å². The third kappa shape index (κ3) is 5.80. The topological polar surface area (TPSA) is 87.5 Å². The molecule has 0 radical (unpaired) electrons. The summed E-state index contributed by atoms with van der Waals surface area (Å²) in [6, 6.07) is 6.68. The number of aromatic nitrogens is 2. The Bertz CT molecular complexity index is 817. The summed E-state index contributed by atoms with van der Waals surface area (Å²) in [4.78, 5) is 25.7. The number of nitrogens with zero attached hydrogens (tertiary/aromatic N) is 3. The van der Waals surface area contributed by atoms with Gasteiger partial charge in [0.25, 0.3) is 0 Å². The Hall–Kier alpha value is -2.38. The molecule has 1 heterocycles. The van der Waals surface area contributed by atoms with Crippen molar-refractivity contribution in [1.29, 1.82) is 0 Å². The van der Waals surface area contributed by atoms with Gasteiger partial charge in [-0.2, -0.15) is 5.10 Å². The standard InChI is InChI=1S/C19H25ClN4O3/c1-12-17(13(2)24(4)22-12)11-23(3)10-14(19(26)27)9-18(25)21-16-7-5-15(20)6-8-16/h5-8,14H,9-11H2,1-4H3,(H,21,25)(H,26,27)/t14-/m0/s1. The van der Waals surface area contributed by atoms with E-state index in [-0.39, 0.29) is 18.9 Å². The van der Waals surface area contributed by atoms with Crippen LogP contribution < -0.4 is 5.32 Å². The fourth-order valence-corrected chi connectivity index (χ4v) is 3.08. The SMILES string of the molecule is Cc1nn(C)c(C)c1CN(C)C[C@H](CC(=O)Nc1ccc(Cl)cc1)C(=O)O. The Morgan fingerprint density at radius 1 is 1.30 bits per heavy atom. The number of amides is 1. The Morgan fingerprint density at radius 2 is 1.93 bits per heavy atom. The molecule has 0 aliphatic carbocycles. The van der Waals surface area contributed by atoms with Gasteiger partial charge in [-0.15, -0.1) is 0 Å². The molecule has 0 bridgehead atoms. The van der Waals surface area contributed by atoms with E-state index in [0.717, 1.165) is 17.0 Å². The minimum Gasteiger partial charge on any atom is -0.481 e. The van der Waals surface area contributed by atoms with Gasteiger partial charge in [0.1, 0.15) is 0 Å². The second kappa shape index (κ2) is 9.01. The Labute approximate surface area is 163 Å². The monoisotopic (exact) mass is 392 g/mol. The molecular weight excluding hydrogens is 368 g/mol. The lowest BCUT2D eigenvalue weighted by atomic mass is 10.0. The minimum absolute atomic E-state index is 0.104. The highest BCUT2D eigenvalue weighted by atomic mass is 35.5. The molecule has 2 rings (SSSR count). The summed E-state index contributed by atoms with van der Waals surface area (Å²) in [7, 11) is 3.73. The lowest BCUT2D eigenvalue weighted by Gasteiger charge is -2.21. The van der Waals surface area contributed by atoms with E-state index in [1.807, 2.05) is 37.5 Å². The molecule has 27 heavy (non-hydrogen) atoms. The summed E-state index contributed by atoms with van der Waals surface area (Å²) in [6.07, 6.45) is -0.104. The average Bonchev–Trinajstić information content (AvgIpc) is 2.82. The predicted octanol–water partition coefficient (Wildman–Crippen LogP) is 2.85. The largest absolute Gasteiger partial charge is 0.481 e. The summed E-state index contributed by atoms with van der Waals surface area (Å²) in [6.45, 7) is 4.76. The molecule has 0 aliphatic heterocycles. The maximum Gasteiger partial charge on any atom is 0.308 e. The van der Waals surface area contributed by atoms with Crippen molar-refractivity contribution in [3.63, 3.8) is 0 Å². The number of rotatable bonds is 8. The van der Waals surface area contributed by atoms with Crippen LogP contribution >= 0.6 is 11.6 Å². The maximum atomic E-state index is 12.2. The molecule has 0 spiro atoms. The van der Waals surface area contributed by atoms with Crippen molar-refractivity contribution in [2.75, 3.05) is 18.9 Å². The zero-order valence-electron chi connectivity index (χ0n) is 16.0. The Morgan fingerprint density at radius 3 is 2.44 bits per heavy atom. The molecule has 1 atom stereocenters. The van der Waals surface area contributed by atoms with Crippen LogP contribution in [0.1, 0.15) is 23.4 Å². The number of carbonyl (C=O) groups is 2. The van der Waals surface area contributed by atoms with Gasteiger partial charge in [-0.25, -0.2) is 0 Å². The van der Waals surface area contributed by atoms with Gasteiger partial charge in [-0.3, -0.25) is 14.3 Å². The van der Waals surface area contributed by atoms with E-state index >= 15 is 0 Å². The summed E-state index contributed by atoms with van der Waals surface area (Å²) < 4.78 is 1.81. The first kappa shape index (κ1) is 20.9. The number of aryl methyl sites for hydroxylation is 2. The molecule has 2 aromatic rings. The van der Waals surface area contributed by atoms with Crippen LogP contribution in [0.5, 0.6) is 0 Å². The van der Waals surface area contributed by atoms with Crippen molar-refractivity contribution in [2.45, 2.75) is 26.8 Å². The van der Waals surface area contributed by atoms with Gasteiger partial charge in [-0.05, 0) is 45.2 Å². The molecule has 2 N–H and O–H groups in total. The normalized spacial score (nSPS) is 12.2. The number of carboxylic acids is 1. The number of nitrogens with one attached hydrogen (secondary N) is 1. The second-order valence-corrected chi connectivity index (χ2v) is 7.20. The number of aliphatic carboxylic acids is 1. The van der Waals surface area contributed by atoms with Gasteiger partial charge in [0.05, 0.1) is 11.6 Å². The number of carboxylic acid groups (broad SMARTS) is 1. The molecular formula is C19H25ClN4O3. The molecule has 0 unspecified atom stereocenters. The van der Waals surface area contributed by atoms with E-state index in [4.69, 9.17) is 11.6 Å². The third-order valence-corrected chi connectivity index (χ3v) is 4.78. The maximum absolute atomic E-state index is 12.2. The number of halogens is 1. The highest BCUT2D eigenvalue weighted by Gasteiger charge is 2.24. The number of anilines is 1. The van der Waals surface area contributed by atoms with Crippen LogP contribution in [0, 0.1) is 19.8 Å². The van der Waals surface area contributed by atoms with Crippen LogP contribution in [0.2, 0.25) is 5.02 Å². The molecule has 1 aromatic carbocycles. The average molecular weight is 393 g/mol. The molecule has 0 saturated carbocycles.